The Morgan fingerprint density at radius 3 is 2.62 bits per heavy atom. The molecule has 158 valence electrons. The van der Waals surface area contributed by atoms with Gasteiger partial charge in [-0.2, -0.15) is 5.10 Å². The number of carbonyl (C=O) groups is 1. The smallest absolute Gasteiger partial charge is 0.271 e. The largest absolute Gasteiger partial charge is 0.379 e. The zero-order valence-electron chi connectivity index (χ0n) is 17.6. The minimum atomic E-state index is -0.264. The SMILES string of the molecule is Cc1cc(C)n(-c2ccc(Cl)c(C(=O)NCC(CC(C)C)N3CCOCC3)n2)n1. The fourth-order valence-electron chi connectivity index (χ4n) is 3.71. The van der Waals surface area contributed by atoms with Crippen LogP contribution < -0.4 is 5.32 Å². The number of ether oxygens (including phenoxy) is 1. The lowest BCUT2D eigenvalue weighted by atomic mass is 10.0. The minimum absolute atomic E-state index is 0.224. The Labute approximate surface area is 177 Å². The standard InChI is InChI=1S/C21H30ClN5O2/c1-14(2)11-17(26-7-9-29-10-8-26)13-23-21(28)20-18(22)5-6-19(24-20)27-16(4)12-15(3)25-27/h5-6,12,14,17H,7-11,13H2,1-4H3,(H,23,28). The fourth-order valence-corrected chi connectivity index (χ4v) is 3.90. The van der Waals surface area contributed by atoms with E-state index >= 15 is 0 Å². The van der Waals surface area contributed by atoms with E-state index in [0.717, 1.165) is 44.1 Å². The van der Waals surface area contributed by atoms with Crippen molar-refractivity contribution in [2.75, 3.05) is 32.8 Å². The Balaban J connectivity index is 1.73. The highest BCUT2D eigenvalue weighted by atomic mass is 35.5. The number of carbonyl (C=O) groups excluding carboxylic acids is 1. The van der Waals surface area contributed by atoms with E-state index in [1.54, 1.807) is 16.8 Å². The predicted octanol–water partition coefficient (Wildman–Crippen LogP) is 3.01. The Kier molecular flexibility index (Phi) is 7.27. The molecule has 1 aliphatic heterocycles. The summed E-state index contributed by atoms with van der Waals surface area (Å²) in [4.78, 5) is 19.8. The second-order valence-corrected chi connectivity index (χ2v) is 8.39. The highest BCUT2D eigenvalue weighted by Gasteiger charge is 2.23. The first-order valence-corrected chi connectivity index (χ1v) is 10.5. The van der Waals surface area contributed by atoms with Gasteiger partial charge < -0.3 is 10.1 Å². The molecule has 1 atom stereocenters. The molecule has 0 saturated carbocycles. The third kappa shape index (κ3) is 5.56. The van der Waals surface area contributed by atoms with Crippen molar-refractivity contribution in [2.24, 2.45) is 5.92 Å². The summed E-state index contributed by atoms with van der Waals surface area (Å²) in [5, 5.41) is 7.82. The summed E-state index contributed by atoms with van der Waals surface area (Å²) in [6, 6.07) is 5.70. The van der Waals surface area contributed by atoms with E-state index in [1.807, 2.05) is 19.9 Å². The molecule has 0 aromatic carbocycles. The molecular formula is C21H30ClN5O2. The first-order chi connectivity index (χ1) is 13.8. The van der Waals surface area contributed by atoms with Crippen LogP contribution in [0.15, 0.2) is 18.2 Å². The van der Waals surface area contributed by atoms with Gasteiger partial charge in [0.15, 0.2) is 5.82 Å². The van der Waals surface area contributed by atoms with Gasteiger partial charge in [-0.15, -0.1) is 0 Å². The molecule has 1 aliphatic rings. The number of morpholine rings is 1. The molecule has 3 rings (SSSR count). The number of hydrogen-bond acceptors (Lipinski definition) is 5. The molecule has 0 radical (unpaired) electrons. The van der Waals surface area contributed by atoms with Crippen LogP contribution in [0.5, 0.6) is 0 Å². The summed E-state index contributed by atoms with van der Waals surface area (Å²) >= 11 is 6.29. The van der Waals surface area contributed by atoms with Crippen LogP contribution in [0.25, 0.3) is 5.82 Å². The third-order valence-corrected chi connectivity index (χ3v) is 5.38. The number of nitrogens with zero attached hydrogens (tertiary/aromatic N) is 4. The van der Waals surface area contributed by atoms with E-state index < -0.39 is 0 Å². The van der Waals surface area contributed by atoms with Crippen molar-refractivity contribution in [3.8, 4) is 5.82 Å². The van der Waals surface area contributed by atoms with E-state index in [-0.39, 0.29) is 17.6 Å². The summed E-state index contributed by atoms with van der Waals surface area (Å²) in [5.41, 5.74) is 2.07. The Bertz CT molecular complexity index is 846. The minimum Gasteiger partial charge on any atom is -0.379 e. The monoisotopic (exact) mass is 419 g/mol. The number of rotatable bonds is 7. The molecule has 1 saturated heterocycles. The van der Waals surface area contributed by atoms with E-state index in [4.69, 9.17) is 16.3 Å². The van der Waals surface area contributed by atoms with E-state index in [9.17, 15) is 4.79 Å². The molecule has 8 heteroatoms. The van der Waals surface area contributed by atoms with Crippen LogP contribution in [0.1, 0.15) is 42.1 Å². The van der Waals surface area contributed by atoms with Crippen molar-refractivity contribution in [1.29, 1.82) is 0 Å². The van der Waals surface area contributed by atoms with Crippen molar-refractivity contribution >= 4 is 17.5 Å². The summed E-state index contributed by atoms with van der Waals surface area (Å²) in [7, 11) is 0. The van der Waals surface area contributed by atoms with Crippen LogP contribution in [0.4, 0.5) is 0 Å². The van der Waals surface area contributed by atoms with Crippen LogP contribution in [-0.4, -0.2) is 64.5 Å². The molecule has 0 aliphatic carbocycles. The van der Waals surface area contributed by atoms with Crippen molar-refractivity contribution in [3.05, 3.63) is 40.3 Å². The summed E-state index contributed by atoms with van der Waals surface area (Å²) in [5.74, 6) is 0.855. The van der Waals surface area contributed by atoms with Gasteiger partial charge in [-0.1, -0.05) is 25.4 Å². The Morgan fingerprint density at radius 1 is 1.28 bits per heavy atom. The molecule has 29 heavy (non-hydrogen) atoms. The van der Waals surface area contributed by atoms with Crippen LogP contribution in [-0.2, 0) is 4.74 Å². The predicted molar refractivity (Wildman–Crippen MR) is 114 cm³/mol. The van der Waals surface area contributed by atoms with Crippen molar-refractivity contribution in [2.45, 2.75) is 40.2 Å². The molecule has 1 N–H and O–H groups in total. The lowest BCUT2D eigenvalue weighted by Crippen LogP contribution is -2.49. The first kappa shape index (κ1) is 21.7. The molecule has 0 bridgehead atoms. The lowest BCUT2D eigenvalue weighted by Gasteiger charge is -2.35. The second-order valence-electron chi connectivity index (χ2n) is 7.98. The molecule has 7 nitrogen and oxygen atoms in total. The molecule has 3 heterocycles. The molecule has 1 unspecified atom stereocenters. The summed E-state index contributed by atoms with van der Waals surface area (Å²) < 4.78 is 7.19. The van der Waals surface area contributed by atoms with E-state index in [0.29, 0.717) is 23.3 Å². The van der Waals surface area contributed by atoms with Crippen molar-refractivity contribution in [3.63, 3.8) is 0 Å². The van der Waals surface area contributed by atoms with Gasteiger partial charge in [-0.25, -0.2) is 9.67 Å². The maximum atomic E-state index is 12.9. The number of halogens is 1. The van der Waals surface area contributed by atoms with Crippen molar-refractivity contribution < 1.29 is 9.53 Å². The highest BCUT2D eigenvalue weighted by Crippen LogP contribution is 2.18. The average Bonchev–Trinajstić information content (AvgIpc) is 3.03. The van der Waals surface area contributed by atoms with Gasteiger partial charge in [0.05, 0.1) is 23.9 Å². The maximum absolute atomic E-state index is 12.9. The number of nitrogens with one attached hydrogen (secondary N) is 1. The maximum Gasteiger partial charge on any atom is 0.271 e. The first-order valence-electron chi connectivity index (χ1n) is 10.2. The Morgan fingerprint density at radius 2 is 2.00 bits per heavy atom. The van der Waals surface area contributed by atoms with Gasteiger partial charge in [-0.05, 0) is 44.4 Å². The van der Waals surface area contributed by atoms with Crippen LogP contribution in [0, 0.1) is 19.8 Å². The molecule has 1 amide bonds. The zero-order valence-corrected chi connectivity index (χ0v) is 18.4. The zero-order chi connectivity index (χ0) is 21.0. The second kappa shape index (κ2) is 9.69. The average molecular weight is 420 g/mol. The van der Waals surface area contributed by atoms with Crippen LogP contribution in [0.3, 0.4) is 0 Å². The van der Waals surface area contributed by atoms with Crippen molar-refractivity contribution in [1.82, 2.24) is 25.0 Å². The van der Waals surface area contributed by atoms with Gasteiger partial charge in [0, 0.05) is 31.4 Å². The number of aromatic nitrogens is 3. The molecule has 1 fully saturated rings. The fraction of sp³-hybridized carbons (Fsp3) is 0.571. The quantitative estimate of drug-likeness (QED) is 0.746. The number of hydrogen-bond donors (Lipinski definition) is 1. The molecule has 0 spiro atoms. The van der Waals surface area contributed by atoms with Gasteiger partial charge in [0.25, 0.3) is 5.91 Å². The molecule has 2 aromatic rings. The van der Waals surface area contributed by atoms with Gasteiger partial charge in [0.2, 0.25) is 0 Å². The van der Waals surface area contributed by atoms with E-state index in [2.05, 4.69) is 34.1 Å². The van der Waals surface area contributed by atoms with Gasteiger partial charge in [0.1, 0.15) is 5.69 Å². The van der Waals surface area contributed by atoms with Gasteiger partial charge >= 0.3 is 0 Å². The highest BCUT2D eigenvalue weighted by molar-refractivity contribution is 6.33. The van der Waals surface area contributed by atoms with Gasteiger partial charge in [-0.3, -0.25) is 9.69 Å². The number of amides is 1. The number of aryl methyl sites for hydroxylation is 2. The van der Waals surface area contributed by atoms with Crippen LogP contribution in [0.2, 0.25) is 5.02 Å². The van der Waals surface area contributed by atoms with Crippen LogP contribution >= 0.6 is 11.6 Å². The summed E-state index contributed by atoms with van der Waals surface area (Å²) in [6.45, 7) is 12.1. The van der Waals surface area contributed by atoms with E-state index in [1.165, 1.54) is 0 Å². The third-order valence-electron chi connectivity index (χ3n) is 5.08. The Hall–Kier alpha value is -1.96. The normalized spacial score (nSPS) is 16.2. The summed E-state index contributed by atoms with van der Waals surface area (Å²) in [6.07, 6.45) is 1.01. The topological polar surface area (TPSA) is 72.3 Å². The molecular weight excluding hydrogens is 390 g/mol. The number of pyridine rings is 1. The lowest BCUT2D eigenvalue weighted by molar-refractivity contribution is 0.0124. The molecule has 2 aromatic heterocycles.